The molecular weight excluding hydrogens is 329 g/mol. The van der Waals surface area contributed by atoms with Gasteiger partial charge in [0, 0.05) is 5.69 Å². The number of anilines is 1. The number of halogens is 3. The topological polar surface area (TPSA) is 99.4 Å². The number of carbonyl (C=O) groups excluding carboxylic acids is 1. The average Bonchev–Trinajstić information content (AvgIpc) is 3.18. The summed E-state index contributed by atoms with van der Waals surface area (Å²) in [6.45, 7) is 0.0789. The molecule has 0 unspecified atom stereocenters. The zero-order chi connectivity index (χ0) is 18.1. The highest BCUT2D eigenvalue weighted by molar-refractivity contribution is 6.11. The van der Waals surface area contributed by atoms with Gasteiger partial charge in [0.2, 0.25) is 5.91 Å². The lowest BCUT2D eigenvalue weighted by Crippen LogP contribution is -2.32. The van der Waals surface area contributed by atoms with Gasteiger partial charge >= 0.3 is 12.1 Å². The van der Waals surface area contributed by atoms with E-state index in [1.807, 2.05) is 0 Å². The molecule has 1 amide bonds. The van der Waals surface area contributed by atoms with E-state index in [-0.39, 0.29) is 29.3 Å². The number of benzene rings is 1. The first-order valence-electron chi connectivity index (χ1n) is 6.88. The Labute approximate surface area is 134 Å². The molecule has 0 bridgehead atoms. The smallest absolute Gasteiger partial charge is 0.422 e. The van der Waals surface area contributed by atoms with Crippen molar-refractivity contribution < 1.29 is 32.6 Å². The van der Waals surface area contributed by atoms with E-state index in [1.54, 1.807) is 13.0 Å². The van der Waals surface area contributed by atoms with E-state index >= 15 is 0 Å². The first kappa shape index (κ1) is 17.6. The molecule has 128 valence electrons. The second kappa shape index (κ2) is 6.03. The van der Waals surface area contributed by atoms with Crippen LogP contribution >= 0.6 is 0 Å². The van der Waals surface area contributed by atoms with Gasteiger partial charge in [0.1, 0.15) is 17.2 Å². The van der Waals surface area contributed by atoms with Crippen LogP contribution in [0.5, 0.6) is 5.75 Å². The van der Waals surface area contributed by atoms with Crippen molar-refractivity contribution in [2.24, 2.45) is 11.3 Å². The number of ether oxygens (including phenoxy) is 1. The van der Waals surface area contributed by atoms with Gasteiger partial charge in [0.15, 0.2) is 6.61 Å². The van der Waals surface area contributed by atoms with Gasteiger partial charge in [-0.2, -0.15) is 18.4 Å². The number of nitrogens with one attached hydrogen (secondary N) is 1. The summed E-state index contributed by atoms with van der Waals surface area (Å²) in [5.41, 5.74) is -1.60. The minimum absolute atomic E-state index is 0.107. The highest BCUT2D eigenvalue weighted by atomic mass is 19.4. The molecule has 0 aliphatic heterocycles. The molecule has 2 N–H and O–H groups in total. The molecular formula is C15H13F3N2O4. The number of carboxylic acid groups (broad SMARTS) is 1. The minimum Gasteiger partial charge on any atom is -0.483 e. The van der Waals surface area contributed by atoms with Gasteiger partial charge in [-0.3, -0.25) is 9.59 Å². The quantitative estimate of drug-likeness (QED) is 0.801. The molecule has 1 aliphatic rings. The summed E-state index contributed by atoms with van der Waals surface area (Å²) in [5.74, 6) is -2.56. The van der Waals surface area contributed by atoms with Gasteiger partial charge in [-0.15, -0.1) is 0 Å². The van der Waals surface area contributed by atoms with E-state index in [4.69, 9.17) is 5.26 Å². The highest BCUT2D eigenvalue weighted by Gasteiger charge is 2.63. The number of carbonyl (C=O) groups is 2. The van der Waals surface area contributed by atoms with Crippen LogP contribution in [-0.2, 0) is 9.59 Å². The summed E-state index contributed by atoms with van der Waals surface area (Å²) >= 11 is 0. The predicted octanol–water partition coefficient (Wildman–Crippen LogP) is 2.55. The molecule has 24 heavy (non-hydrogen) atoms. The molecule has 0 radical (unpaired) electrons. The lowest BCUT2D eigenvalue weighted by molar-refractivity contribution is -0.153. The number of hydrogen-bond acceptors (Lipinski definition) is 4. The Morgan fingerprint density at radius 3 is 2.58 bits per heavy atom. The molecule has 0 spiro atoms. The molecule has 1 saturated carbocycles. The van der Waals surface area contributed by atoms with Crippen molar-refractivity contribution in [3.8, 4) is 11.8 Å². The number of aliphatic carboxylic acids is 1. The fraction of sp³-hybridized carbons (Fsp3) is 0.400. The van der Waals surface area contributed by atoms with E-state index in [2.05, 4.69) is 10.1 Å². The van der Waals surface area contributed by atoms with Gasteiger partial charge in [-0.25, -0.2) is 0 Å². The molecule has 0 saturated heterocycles. The Bertz CT molecular complexity index is 726. The van der Waals surface area contributed by atoms with Crippen LogP contribution in [0.4, 0.5) is 18.9 Å². The molecule has 9 heteroatoms. The zero-order valence-electron chi connectivity index (χ0n) is 12.5. The average molecular weight is 342 g/mol. The van der Waals surface area contributed by atoms with E-state index in [0.717, 1.165) is 12.1 Å². The number of nitriles is 1. The third-order valence-corrected chi connectivity index (χ3v) is 3.85. The Balaban J connectivity index is 2.14. The molecule has 2 rings (SSSR count). The van der Waals surface area contributed by atoms with Gasteiger partial charge in [-0.1, -0.05) is 6.92 Å². The Kier molecular flexibility index (Phi) is 4.42. The van der Waals surface area contributed by atoms with Gasteiger partial charge in [0.05, 0.1) is 5.56 Å². The number of nitrogens with zero attached hydrogens (tertiary/aromatic N) is 1. The summed E-state index contributed by atoms with van der Waals surface area (Å²) in [6.07, 6.45) is -4.35. The first-order chi connectivity index (χ1) is 11.1. The summed E-state index contributed by atoms with van der Waals surface area (Å²) in [4.78, 5) is 23.4. The second-order valence-corrected chi connectivity index (χ2v) is 5.56. The molecule has 1 aromatic rings. The number of hydrogen-bond donors (Lipinski definition) is 2. The minimum atomic E-state index is -4.55. The number of amides is 1. The van der Waals surface area contributed by atoms with Crippen LogP contribution < -0.4 is 10.1 Å². The van der Waals surface area contributed by atoms with E-state index in [9.17, 15) is 27.9 Å². The maximum atomic E-state index is 12.2. The Morgan fingerprint density at radius 2 is 2.12 bits per heavy atom. The SMILES string of the molecule is C[C@@H]1C[C@@]1(C(=O)O)C(=O)Nc1ccc(OCC(F)(F)F)c(C#N)c1. The van der Waals surface area contributed by atoms with Crippen LogP contribution in [0.2, 0.25) is 0 Å². The molecule has 1 fully saturated rings. The number of carboxylic acids is 1. The van der Waals surface area contributed by atoms with Crippen LogP contribution in [0.3, 0.4) is 0 Å². The molecule has 6 nitrogen and oxygen atoms in total. The molecule has 1 aliphatic carbocycles. The van der Waals surface area contributed by atoms with E-state index in [1.165, 1.54) is 6.07 Å². The standard InChI is InChI=1S/C15H13F3N2O4/c1-8-5-14(8,13(22)23)12(21)20-10-2-3-11(9(4-10)6-19)24-7-15(16,17)18/h2-4,8H,5,7H2,1H3,(H,20,21)(H,22,23)/t8-,14+/m1/s1. The maximum Gasteiger partial charge on any atom is 0.422 e. The van der Waals surface area contributed by atoms with Crippen molar-refractivity contribution in [3.63, 3.8) is 0 Å². The highest BCUT2D eigenvalue weighted by Crippen LogP contribution is 2.53. The number of alkyl halides is 3. The molecule has 0 aromatic heterocycles. The third-order valence-electron chi connectivity index (χ3n) is 3.85. The summed E-state index contributed by atoms with van der Waals surface area (Å²) < 4.78 is 41.0. The lowest BCUT2D eigenvalue weighted by atomic mass is 10.0. The summed E-state index contributed by atoms with van der Waals surface area (Å²) in [5, 5.41) is 20.5. The van der Waals surface area contributed by atoms with Crippen LogP contribution in [0, 0.1) is 22.7 Å². The van der Waals surface area contributed by atoms with Crippen molar-refractivity contribution in [3.05, 3.63) is 23.8 Å². The predicted molar refractivity (Wildman–Crippen MR) is 75.2 cm³/mol. The first-order valence-corrected chi connectivity index (χ1v) is 6.88. The van der Waals surface area contributed by atoms with Gasteiger partial charge < -0.3 is 15.2 Å². The second-order valence-electron chi connectivity index (χ2n) is 5.56. The molecule has 2 atom stereocenters. The van der Waals surface area contributed by atoms with Crippen molar-refractivity contribution >= 4 is 17.6 Å². The fourth-order valence-corrected chi connectivity index (χ4v) is 2.36. The van der Waals surface area contributed by atoms with E-state index < -0.39 is 30.1 Å². The molecule has 0 heterocycles. The normalized spacial score (nSPS) is 22.4. The monoisotopic (exact) mass is 342 g/mol. The fourth-order valence-electron chi connectivity index (χ4n) is 2.36. The Morgan fingerprint density at radius 1 is 1.50 bits per heavy atom. The van der Waals surface area contributed by atoms with Crippen molar-refractivity contribution in [2.75, 3.05) is 11.9 Å². The number of rotatable bonds is 5. The van der Waals surface area contributed by atoms with Gasteiger partial charge in [-0.05, 0) is 30.5 Å². The lowest BCUT2D eigenvalue weighted by Gasteiger charge is -2.14. The third kappa shape index (κ3) is 3.42. The maximum absolute atomic E-state index is 12.2. The van der Waals surface area contributed by atoms with Crippen LogP contribution in [-0.4, -0.2) is 29.8 Å². The largest absolute Gasteiger partial charge is 0.483 e. The van der Waals surface area contributed by atoms with Crippen LogP contribution in [0.15, 0.2) is 18.2 Å². The van der Waals surface area contributed by atoms with E-state index in [0.29, 0.717) is 0 Å². The van der Waals surface area contributed by atoms with Gasteiger partial charge in [0.25, 0.3) is 0 Å². The zero-order valence-corrected chi connectivity index (χ0v) is 12.5. The molecule has 1 aromatic carbocycles. The van der Waals surface area contributed by atoms with Crippen LogP contribution in [0.25, 0.3) is 0 Å². The van der Waals surface area contributed by atoms with Crippen molar-refractivity contribution in [1.82, 2.24) is 0 Å². The van der Waals surface area contributed by atoms with Crippen LogP contribution in [0.1, 0.15) is 18.9 Å². The van der Waals surface area contributed by atoms with Crippen molar-refractivity contribution in [1.29, 1.82) is 5.26 Å². The summed E-state index contributed by atoms with van der Waals surface area (Å²) in [6, 6.07) is 5.16. The summed E-state index contributed by atoms with van der Waals surface area (Å²) in [7, 11) is 0. The Hall–Kier alpha value is -2.76. The van der Waals surface area contributed by atoms with Crippen molar-refractivity contribution in [2.45, 2.75) is 19.5 Å².